The predicted octanol–water partition coefficient (Wildman–Crippen LogP) is 4.07. The Labute approximate surface area is 104 Å². The lowest BCUT2D eigenvalue weighted by Crippen LogP contribution is -2.34. The summed E-state index contributed by atoms with van der Waals surface area (Å²) >= 11 is 0. The fraction of sp³-hybridized carbons (Fsp3) is 0.533. The molecule has 2 nitrogen and oxygen atoms in total. The zero-order chi connectivity index (χ0) is 12.9. The maximum Gasteiger partial charge on any atom is 0.309 e. The maximum atomic E-state index is 11.6. The van der Waals surface area contributed by atoms with Crippen molar-refractivity contribution < 1.29 is 9.90 Å². The molecule has 0 aliphatic carbocycles. The molecular weight excluding hydrogens is 212 g/mol. The molecule has 1 aromatic rings. The third-order valence-electron chi connectivity index (χ3n) is 3.64. The molecule has 0 heterocycles. The van der Waals surface area contributed by atoms with Crippen molar-refractivity contribution in [1.29, 1.82) is 0 Å². The van der Waals surface area contributed by atoms with E-state index < -0.39 is 11.4 Å². The van der Waals surface area contributed by atoms with Gasteiger partial charge in [0.15, 0.2) is 0 Å². The lowest BCUT2D eigenvalue weighted by Gasteiger charge is -2.33. The van der Waals surface area contributed by atoms with Crippen LogP contribution in [0.15, 0.2) is 30.3 Å². The summed E-state index contributed by atoms with van der Waals surface area (Å²) < 4.78 is 0. The van der Waals surface area contributed by atoms with Crippen LogP contribution < -0.4 is 0 Å². The number of carbonyl (C=O) groups is 1. The van der Waals surface area contributed by atoms with E-state index in [9.17, 15) is 9.90 Å². The van der Waals surface area contributed by atoms with Crippen molar-refractivity contribution in [1.82, 2.24) is 0 Å². The third-order valence-corrected chi connectivity index (χ3v) is 3.64. The fourth-order valence-electron chi connectivity index (χ4n) is 2.69. The van der Waals surface area contributed by atoms with Gasteiger partial charge in [-0.05, 0) is 31.2 Å². The Kier molecular flexibility index (Phi) is 4.73. The largest absolute Gasteiger partial charge is 0.481 e. The third kappa shape index (κ3) is 2.87. The Morgan fingerprint density at radius 1 is 1.29 bits per heavy atom. The minimum Gasteiger partial charge on any atom is -0.481 e. The van der Waals surface area contributed by atoms with Gasteiger partial charge in [0.05, 0.1) is 5.41 Å². The first-order valence-corrected chi connectivity index (χ1v) is 6.34. The van der Waals surface area contributed by atoms with E-state index >= 15 is 0 Å². The maximum absolute atomic E-state index is 11.6. The molecule has 0 aliphatic rings. The Balaban J connectivity index is 3.10. The number of hydrogen-bond acceptors (Lipinski definition) is 1. The first-order chi connectivity index (χ1) is 8.06. The molecule has 2 heteroatoms. The van der Waals surface area contributed by atoms with Gasteiger partial charge in [-0.1, -0.05) is 50.6 Å². The molecule has 1 rings (SSSR count). The molecule has 0 aromatic heterocycles. The van der Waals surface area contributed by atoms with Gasteiger partial charge in [0.2, 0.25) is 0 Å². The Morgan fingerprint density at radius 2 is 1.88 bits per heavy atom. The second-order valence-corrected chi connectivity index (χ2v) is 4.84. The molecule has 0 fully saturated rings. The second kappa shape index (κ2) is 5.85. The van der Waals surface area contributed by atoms with Gasteiger partial charge in [0.1, 0.15) is 0 Å². The summed E-state index contributed by atoms with van der Waals surface area (Å²) in [6.07, 6.45) is 2.47. The lowest BCUT2D eigenvalue weighted by atomic mass is 9.69. The average molecular weight is 234 g/mol. The van der Waals surface area contributed by atoms with E-state index in [2.05, 4.69) is 6.92 Å². The van der Waals surface area contributed by atoms with Crippen molar-refractivity contribution in [2.75, 3.05) is 0 Å². The highest BCUT2D eigenvalue weighted by molar-refractivity contribution is 5.75. The SMILES string of the molecule is CCCC(C)(C(=O)O)C(CC)c1ccccc1. The zero-order valence-electron chi connectivity index (χ0n) is 10.9. The molecule has 94 valence electrons. The summed E-state index contributed by atoms with van der Waals surface area (Å²) in [5.74, 6) is -0.601. The van der Waals surface area contributed by atoms with Crippen LogP contribution in [0.5, 0.6) is 0 Å². The fourth-order valence-corrected chi connectivity index (χ4v) is 2.69. The van der Waals surface area contributed by atoms with E-state index in [-0.39, 0.29) is 5.92 Å². The van der Waals surface area contributed by atoms with Crippen molar-refractivity contribution in [2.24, 2.45) is 5.41 Å². The van der Waals surface area contributed by atoms with Gasteiger partial charge in [-0.25, -0.2) is 0 Å². The molecule has 0 aliphatic heterocycles. The van der Waals surface area contributed by atoms with Crippen LogP contribution in [0.3, 0.4) is 0 Å². The summed E-state index contributed by atoms with van der Waals surface area (Å²) in [5.41, 5.74) is 0.471. The smallest absolute Gasteiger partial charge is 0.309 e. The van der Waals surface area contributed by atoms with Crippen LogP contribution >= 0.6 is 0 Å². The van der Waals surface area contributed by atoms with Crippen LogP contribution in [0.1, 0.15) is 51.5 Å². The molecule has 2 atom stereocenters. The van der Waals surface area contributed by atoms with Crippen LogP contribution in [-0.2, 0) is 4.79 Å². The molecule has 1 N–H and O–H groups in total. The Bertz CT molecular complexity index is 358. The van der Waals surface area contributed by atoms with Crippen molar-refractivity contribution >= 4 is 5.97 Å². The highest BCUT2D eigenvalue weighted by Crippen LogP contribution is 2.42. The highest BCUT2D eigenvalue weighted by Gasteiger charge is 2.40. The van der Waals surface area contributed by atoms with E-state index in [0.717, 1.165) is 24.8 Å². The number of carboxylic acids is 1. The van der Waals surface area contributed by atoms with Crippen molar-refractivity contribution in [3.05, 3.63) is 35.9 Å². The van der Waals surface area contributed by atoms with Crippen LogP contribution in [0, 0.1) is 5.41 Å². The number of rotatable bonds is 6. The summed E-state index contributed by atoms with van der Waals surface area (Å²) in [4.78, 5) is 11.6. The van der Waals surface area contributed by atoms with Gasteiger partial charge in [0.25, 0.3) is 0 Å². The van der Waals surface area contributed by atoms with Crippen LogP contribution in [0.4, 0.5) is 0 Å². The van der Waals surface area contributed by atoms with Crippen molar-refractivity contribution in [3.63, 3.8) is 0 Å². The van der Waals surface area contributed by atoms with Gasteiger partial charge in [-0.2, -0.15) is 0 Å². The van der Waals surface area contributed by atoms with E-state index in [1.54, 1.807) is 0 Å². The first kappa shape index (κ1) is 13.8. The van der Waals surface area contributed by atoms with Gasteiger partial charge in [0, 0.05) is 0 Å². The lowest BCUT2D eigenvalue weighted by molar-refractivity contribution is -0.150. The molecule has 0 spiro atoms. The Morgan fingerprint density at radius 3 is 2.29 bits per heavy atom. The van der Waals surface area contributed by atoms with Crippen LogP contribution in [0.25, 0.3) is 0 Å². The first-order valence-electron chi connectivity index (χ1n) is 6.34. The predicted molar refractivity (Wildman–Crippen MR) is 70.1 cm³/mol. The number of benzene rings is 1. The van der Waals surface area contributed by atoms with Gasteiger partial charge in [-0.15, -0.1) is 0 Å². The minimum absolute atomic E-state index is 0.0844. The molecule has 2 unspecified atom stereocenters. The second-order valence-electron chi connectivity index (χ2n) is 4.84. The van der Waals surface area contributed by atoms with E-state index in [1.807, 2.05) is 44.2 Å². The average Bonchev–Trinajstić information content (AvgIpc) is 2.31. The topological polar surface area (TPSA) is 37.3 Å². The number of carboxylic acid groups (broad SMARTS) is 1. The van der Waals surface area contributed by atoms with Crippen LogP contribution in [0.2, 0.25) is 0 Å². The minimum atomic E-state index is -0.685. The molecule has 0 bridgehead atoms. The molecule has 0 amide bonds. The van der Waals surface area contributed by atoms with Crippen molar-refractivity contribution in [2.45, 2.75) is 46.0 Å². The summed E-state index contributed by atoms with van der Waals surface area (Å²) in [6, 6.07) is 9.99. The summed E-state index contributed by atoms with van der Waals surface area (Å²) in [6.45, 7) is 5.98. The molecular formula is C15H22O2. The number of aliphatic carboxylic acids is 1. The van der Waals surface area contributed by atoms with E-state index in [4.69, 9.17) is 0 Å². The Hall–Kier alpha value is -1.31. The highest BCUT2D eigenvalue weighted by atomic mass is 16.4. The number of hydrogen-bond donors (Lipinski definition) is 1. The van der Waals surface area contributed by atoms with Crippen LogP contribution in [-0.4, -0.2) is 11.1 Å². The monoisotopic (exact) mass is 234 g/mol. The molecule has 0 radical (unpaired) electrons. The summed E-state index contributed by atoms with van der Waals surface area (Å²) in [5, 5.41) is 9.53. The molecule has 0 saturated carbocycles. The normalized spacial score (nSPS) is 16.2. The van der Waals surface area contributed by atoms with Gasteiger partial charge >= 0.3 is 5.97 Å². The quantitative estimate of drug-likeness (QED) is 0.805. The molecule has 1 aromatic carbocycles. The van der Waals surface area contributed by atoms with E-state index in [0.29, 0.717) is 0 Å². The zero-order valence-corrected chi connectivity index (χ0v) is 10.9. The van der Waals surface area contributed by atoms with Gasteiger partial charge in [-0.3, -0.25) is 4.79 Å². The molecule has 0 saturated heterocycles. The standard InChI is InChI=1S/C15H22O2/c1-4-11-15(3,14(16)17)13(5-2)12-9-7-6-8-10-12/h6-10,13H,4-5,11H2,1-3H3,(H,16,17). The van der Waals surface area contributed by atoms with Crippen molar-refractivity contribution in [3.8, 4) is 0 Å². The molecule has 17 heavy (non-hydrogen) atoms. The summed E-state index contributed by atoms with van der Waals surface area (Å²) in [7, 11) is 0. The van der Waals surface area contributed by atoms with E-state index in [1.165, 1.54) is 0 Å². The van der Waals surface area contributed by atoms with Gasteiger partial charge < -0.3 is 5.11 Å².